The fraction of sp³-hybridized carbons (Fsp3) is 0.0667. The summed E-state index contributed by atoms with van der Waals surface area (Å²) in [6.07, 6.45) is 3.61. The van der Waals surface area contributed by atoms with Gasteiger partial charge in [-0.1, -0.05) is 12.1 Å². The molecule has 0 saturated heterocycles. The number of rotatable bonds is 4. The van der Waals surface area contributed by atoms with Gasteiger partial charge in [-0.3, -0.25) is 9.36 Å². The van der Waals surface area contributed by atoms with E-state index in [4.69, 9.17) is 12.2 Å². The zero-order valence-electron chi connectivity index (χ0n) is 11.1. The van der Waals surface area contributed by atoms with E-state index in [2.05, 4.69) is 10.3 Å². The maximum atomic E-state index is 12.2. The first-order chi connectivity index (χ1) is 10.2. The van der Waals surface area contributed by atoms with E-state index in [0.717, 1.165) is 10.6 Å². The Balaban J connectivity index is 1.78. The third kappa shape index (κ3) is 3.12. The van der Waals surface area contributed by atoms with E-state index in [0.29, 0.717) is 16.9 Å². The number of amides is 1. The van der Waals surface area contributed by atoms with Crippen LogP contribution in [0.25, 0.3) is 5.69 Å². The Kier molecular flexibility index (Phi) is 3.98. The van der Waals surface area contributed by atoms with Crippen LogP contribution in [0, 0.1) is 4.77 Å². The van der Waals surface area contributed by atoms with Crippen molar-refractivity contribution in [2.75, 3.05) is 0 Å². The van der Waals surface area contributed by atoms with Crippen molar-refractivity contribution in [2.45, 2.75) is 6.54 Å². The number of hydrogen-bond donors (Lipinski definition) is 2. The number of thiophene rings is 1. The molecule has 2 heterocycles. The van der Waals surface area contributed by atoms with E-state index < -0.39 is 0 Å². The van der Waals surface area contributed by atoms with Gasteiger partial charge in [-0.05, 0) is 41.9 Å². The van der Waals surface area contributed by atoms with Crippen LogP contribution in [0.4, 0.5) is 0 Å². The summed E-state index contributed by atoms with van der Waals surface area (Å²) in [7, 11) is 0. The first-order valence-electron chi connectivity index (χ1n) is 6.41. The molecule has 1 aromatic carbocycles. The molecule has 0 aliphatic heterocycles. The van der Waals surface area contributed by atoms with Crippen molar-refractivity contribution in [3.8, 4) is 5.69 Å². The van der Waals surface area contributed by atoms with Crippen LogP contribution < -0.4 is 5.32 Å². The van der Waals surface area contributed by atoms with Gasteiger partial charge >= 0.3 is 0 Å². The number of aromatic amines is 1. The Labute approximate surface area is 131 Å². The third-order valence-corrected chi connectivity index (χ3v) is 4.23. The number of aromatic nitrogens is 2. The normalized spacial score (nSPS) is 10.5. The van der Waals surface area contributed by atoms with Gasteiger partial charge in [0.15, 0.2) is 4.77 Å². The summed E-state index contributed by atoms with van der Waals surface area (Å²) in [6.45, 7) is 0.546. The van der Waals surface area contributed by atoms with Gasteiger partial charge < -0.3 is 10.3 Å². The molecule has 0 aliphatic rings. The lowest BCUT2D eigenvalue weighted by atomic mass is 10.2. The highest BCUT2D eigenvalue weighted by molar-refractivity contribution is 7.71. The summed E-state index contributed by atoms with van der Waals surface area (Å²) in [4.78, 5) is 16.3. The highest BCUT2D eigenvalue weighted by Crippen LogP contribution is 2.12. The van der Waals surface area contributed by atoms with Crippen LogP contribution in [0.1, 0.15) is 15.2 Å². The molecule has 3 rings (SSSR count). The molecule has 0 radical (unpaired) electrons. The fourth-order valence-corrected chi connectivity index (χ4v) is 2.88. The maximum Gasteiger partial charge on any atom is 0.251 e. The Morgan fingerprint density at radius 1 is 1.33 bits per heavy atom. The molecule has 0 aliphatic carbocycles. The zero-order chi connectivity index (χ0) is 14.7. The summed E-state index contributed by atoms with van der Waals surface area (Å²) < 4.78 is 2.43. The average Bonchev–Trinajstić information content (AvgIpc) is 3.16. The van der Waals surface area contributed by atoms with E-state index in [1.807, 2.05) is 46.5 Å². The largest absolute Gasteiger partial charge is 0.347 e. The molecular weight excluding hydrogens is 302 g/mol. The van der Waals surface area contributed by atoms with Gasteiger partial charge in [-0.2, -0.15) is 0 Å². The molecule has 0 spiro atoms. The smallest absolute Gasteiger partial charge is 0.251 e. The molecule has 0 atom stereocenters. The van der Waals surface area contributed by atoms with Crippen LogP contribution >= 0.6 is 23.6 Å². The molecule has 3 aromatic rings. The van der Waals surface area contributed by atoms with Gasteiger partial charge in [0.1, 0.15) is 0 Å². The Morgan fingerprint density at radius 3 is 2.95 bits per heavy atom. The van der Waals surface area contributed by atoms with E-state index >= 15 is 0 Å². The summed E-state index contributed by atoms with van der Waals surface area (Å²) in [5.41, 5.74) is 1.48. The van der Waals surface area contributed by atoms with E-state index in [1.165, 1.54) is 0 Å². The second-order valence-electron chi connectivity index (χ2n) is 4.45. The van der Waals surface area contributed by atoms with Crippen LogP contribution in [-0.2, 0) is 6.54 Å². The molecule has 21 heavy (non-hydrogen) atoms. The predicted octanol–water partition coefficient (Wildman–Crippen LogP) is 3.53. The lowest BCUT2D eigenvalue weighted by Crippen LogP contribution is -2.22. The zero-order valence-corrected chi connectivity index (χ0v) is 12.7. The first-order valence-corrected chi connectivity index (χ1v) is 7.70. The number of hydrogen-bond acceptors (Lipinski definition) is 3. The number of nitrogens with zero attached hydrogens (tertiary/aromatic N) is 1. The molecular formula is C15H13N3OS2. The molecule has 0 unspecified atom stereocenters. The van der Waals surface area contributed by atoms with Crippen LogP contribution in [0.2, 0.25) is 0 Å². The fourth-order valence-electron chi connectivity index (χ4n) is 2.00. The van der Waals surface area contributed by atoms with Gasteiger partial charge in [0.05, 0.1) is 6.54 Å². The average molecular weight is 315 g/mol. The molecule has 6 heteroatoms. The first kappa shape index (κ1) is 13.8. The van der Waals surface area contributed by atoms with E-state index in [9.17, 15) is 4.79 Å². The minimum absolute atomic E-state index is 0.0905. The molecule has 4 nitrogen and oxygen atoms in total. The summed E-state index contributed by atoms with van der Waals surface area (Å²) in [5.74, 6) is -0.0905. The van der Waals surface area contributed by atoms with Crippen LogP contribution in [0.5, 0.6) is 0 Å². The molecule has 106 valence electrons. The van der Waals surface area contributed by atoms with Crippen LogP contribution in [0.15, 0.2) is 54.2 Å². The van der Waals surface area contributed by atoms with Crippen molar-refractivity contribution in [3.05, 3.63) is 69.4 Å². The van der Waals surface area contributed by atoms with Crippen LogP contribution in [-0.4, -0.2) is 15.5 Å². The Morgan fingerprint density at radius 2 is 2.24 bits per heavy atom. The van der Waals surface area contributed by atoms with Crippen molar-refractivity contribution < 1.29 is 4.79 Å². The highest BCUT2D eigenvalue weighted by atomic mass is 32.1. The number of benzene rings is 1. The number of carbonyl (C=O) groups excluding carboxylic acids is 1. The van der Waals surface area contributed by atoms with Crippen molar-refractivity contribution in [1.82, 2.24) is 14.9 Å². The third-order valence-electron chi connectivity index (χ3n) is 3.04. The van der Waals surface area contributed by atoms with E-state index in [1.54, 1.807) is 23.6 Å². The van der Waals surface area contributed by atoms with Crippen molar-refractivity contribution in [3.63, 3.8) is 0 Å². The summed E-state index contributed by atoms with van der Waals surface area (Å²) in [6, 6.07) is 11.4. The molecule has 2 N–H and O–H groups in total. The van der Waals surface area contributed by atoms with E-state index in [-0.39, 0.29) is 5.91 Å². The minimum Gasteiger partial charge on any atom is -0.347 e. The SMILES string of the molecule is O=C(NCc1cccs1)c1cccc(-n2cc[nH]c2=S)c1. The summed E-state index contributed by atoms with van der Waals surface area (Å²) >= 11 is 6.82. The monoisotopic (exact) mass is 315 g/mol. The second kappa shape index (κ2) is 6.07. The second-order valence-corrected chi connectivity index (χ2v) is 5.87. The van der Waals surface area contributed by atoms with Gasteiger partial charge in [0.25, 0.3) is 5.91 Å². The maximum absolute atomic E-state index is 12.2. The lowest BCUT2D eigenvalue weighted by Gasteiger charge is -2.07. The van der Waals surface area contributed by atoms with Crippen molar-refractivity contribution in [2.24, 2.45) is 0 Å². The summed E-state index contributed by atoms with van der Waals surface area (Å²) in [5, 5.41) is 4.91. The van der Waals surface area contributed by atoms with Gasteiger partial charge in [0.2, 0.25) is 0 Å². The van der Waals surface area contributed by atoms with Gasteiger partial charge in [-0.15, -0.1) is 11.3 Å². The molecule has 0 fully saturated rings. The molecule has 0 saturated carbocycles. The van der Waals surface area contributed by atoms with Crippen molar-refractivity contribution in [1.29, 1.82) is 0 Å². The predicted molar refractivity (Wildman–Crippen MR) is 86.4 cm³/mol. The topological polar surface area (TPSA) is 49.8 Å². The number of nitrogens with one attached hydrogen (secondary N) is 2. The Hall–Kier alpha value is -2.18. The molecule has 1 amide bonds. The number of H-pyrrole nitrogens is 1. The standard InChI is InChI=1S/C15H13N3OS2/c19-14(17-10-13-5-2-8-21-13)11-3-1-4-12(9-11)18-7-6-16-15(18)20/h1-9H,10H2,(H,16,20)(H,17,19). The Bertz CT molecular complexity index is 802. The molecule has 2 aromatic heterocycles. The quantitative estimate of drug-likeness (QED) is 0.724. The van der Waals surface area contributed by atoms with Crippen LogP contribution in [0.3, 0.4) is 0 Å². The highest BCUT2D eigenvalue weighted by Gasteiger charge is 2.07. The van der Waals surface area contributed by atoms with Crippen molar-refractivity contribution >= 4 is 29.5 Å². The number of carbonyl (C=O) groups is 1. The lowest BCUT2D eigenvalue weighted by molar-refractivity contribution is 0.0951. The minimum atomic E-state index is -0.0905. The van der Waals surface area contributed by atoms with Gasteiger partial charge in [-0.25, -0.2) is 0 Å². The van der Waals surface area contributed by atoms with Gasteiger partial charge in [0, 0.05) is 28.5 Å². The number of imidazole rings is 1. The molecule has 0 bridgehead atoms.